The van der Waals surface area contributed by atoms with Gasteiger partial charge in [-0.05, 0) is 71.1 Å². The summed E-state index contributed by atoms with van der Waals surface area (Å²) in [5.41, 5.74) is 4.13. The number of aliphatic hydroxyl groups excluding tert-OH is 1. The van der Waals surface area contributed by atoms with Crippen molar-refractivity contribution >= 4 is 11.5 Å². The van der Waals surface area contributed by atoms with E-state index in [2.05, 4.69) is 33.8 Å². The first-order chi connectivity index (χ1) is 13.0. The van der Waals surface area contributed by atoms with Gasteiger partial charge in [0.2, 0.25) is 0 Å². The molecule has 3 rings (SSSR count). The van der Waals surface area contributed by atoms with Crippen molar-refractivity contribution in [1.29, 1.82) is 0 Å². The molecular weight excluding hydrogens is 355 g/mol. The number of ether oxygens (including phenoxy) is 1. The average molecular weight is 387 g/mol. The van der Waals surface area contributed by atoms with E-state index < -0.39 is 12.2 Å². The van der Waals surface area contributed by atoms with Crippen LogP contribution in [-0.4, -0.2) is 23.3 Å². The first-order valence-corrected chi connectivity index (χ1v) is 10.0. The highest BCUT2D eigenvalue weighted by Crippen LogP contribution is 2.52. The molecule has 0 bridgehead atoms. The van der Waals surface area contributed by atoms with Crippen molar-refractivity contribution < 1.29 is 19.0 Å². The Morgan fingerprint density at radius 3 is 2.61 bits per heavy atom. The molecule has 0 radical (unpaired) electrons. The number of hydrogen-bond acceptors (Lipinski definition) is 3. The van der Waals surface area contributed by atoms with Crippen LogP contribution in [0.4, 0.5) is 4.39 Å². The summed E-state index contributed by atoms with van der Waals surface area (Å²) in [7, 11) is 0. The van der Waals surface area contributed by atoms with Gasteiger partial charge in [0, 0.05) is 6.42 Å². The van der Waals surface area contributed by atoms with Crippen molar-refractivity contribution in [2.24, 2.45) is 10.8 Å². The van der Waals surface area contributed by atoms with Crippen molar-refractivity contribution in [2.45, 2.75) is 72.5 Å². The number of cyclic esters (lactones) is 1. The fraction of sp³-hybridized carbons (Fsp3) is 0.542. The zero-order valence-corrected chi connectivity index (χ0v) is 17.5. The highest BCUT2D eigenvalue weighted by molar-refractivity contribution is 5.74. The van der Waals surface area contributed by atoms with Gasteiger partial charge in [-0.1, -0.05) is 39.8 Å². The van der Waals surface area contributed by atoms with E-state index in [0.717, 1.165) is 18.4 Å². The van der Waals surface area contributed by atoms with Crippen LogP contribution >= 0.6 is 0 Å². The molecule has 152 valence electrons. The van der Waals surface area contributed by atoms with E-state index >= 15 is 0 Å². The molecule has 1 heterocycles. The van der Waals surface area contributed by atoms with E-state index in [9.17, 15) is 14.3 Å². The minimum Gasteiger partial charge on any atom is -0.458 e. The molecule has 0 amide bonds. The van der Waals surface area contributed by atoms with E-state index in [0.29, 0.717) is 12.0 Å². The number of esters is 1. The fourth-order valence-electron chi connectivity index (χ4n) is 4.88. The third kappa shape index (κ3) is 4.54. The van der Waals surface area contributed by atoms with Crippen molar-refractivity contribution in [3.05, 3.63) is 52.9 Å². The predicted molar refractivity (Wildman–Crippen MR) is 109 cm³/mol. The zero-order chi connectivity index (χ0) is 20.7. The smallest absolute Gasteiger partial charge is 0.309 e. The van der Waals surface area contributed by atoms with Gasteiger partial charge in [-0.2, -0.15) is 0 Å². The van der Waals surface area contributed by atoms with Gasteiger partial charge in [-0.25, -0.2) is 4.39 Å². The van der Waals surface area contributed by atoms with Gasteiger partial charge >= 0.3 is 5.97 Å². The van der Waals surface area contributed by atoms with Crippen molar-refractivity contribution in [1.82, 2.24) is 0 Å². The van der Waals surface area contributed by atoms with Crippen LogP contribution in [0.25, 0.3) is 5.57 Å². The van der Waals surface area contributed by atoms with E-state index in [1.807, 2.05) is 18.2 Å². The second-order valence-corrected chi connectivity index (χ2v) is 9.74. The Morgan fingerprint density at radius 1 is 1.25 bits per heavy atom. The zero-order valence-electron chi connectivity index (χ0n) is 17.5. The predicted octanol–water partition coefficient (Wildman–Crippen LogP) is 5.36. The Kier molecular flexibility index (Phi) is 5.55. The lowest BCUT2D eigenvalue weighted by molar-refractivity contribution is -0.156. The standard InChI is InChI=1S/C24H31FO3/c1-15-10-16(6-9-21(15)25)19-13-23(2,3)14-24(4,5)20(19)8-7-18-11-17(26)12-22(27)28-18/h6-10,17-18,26H,11-14H2,1-5H3/t17-,18-/m1/s1. The number of carbonyl (C=O) groups excluding carboxylic acids is 1. The van der Waals surface area contributed by atoms with Crippen molar-refractivity contribution in [3.63, 3.8) is 0 Å². The molecule has 1 saturated heterocycles. The molecule has 0 spiro atoms. The molecule has 1 fully saturated rings. The Labute approximate surface area is 167 Å². The van der Waals surface area contributed by atoms with E-state index in [4.69, 9.17) is 4.74 Å². The normalized spacial score (nSPS) is 27.2. The molecule has 1 aromatic rings. The van der Waals surface area contributed by atoms with Crippen LogP contribution in [0.1, 0.15) is 64.5 Å². The molecule has 1 aliphatic carbocycles. The lowest BCUT2D eigenvalue weighted by Crippen LogP contribution is -2.32. The van der Waals surface area contributed by atoms with Crippen LogP contribution in [0.5, 0.6) is 0 Å². The summed E-state index contributed by atoms with van der Waals surface area (Å²) in [4.78, 5) is 11.6. The molecule has 1 aliphatic heterocycles. The maximum absolute atomic E-state index is 13.8. The number of rotatable bonds is 3. The lowest BCUT2D eigenvalue weighted by atomic mass is 9.61. The highest BCUT2D eigenvalue weighted by Gasteiger charge is 2.38. The van der Waals surface area contributed by atoms with Gasteiger partial charge in [0.25, 0.3) is 0 Å². The largest absolute Gasteiger partial charge is 0.458 e. The Hall–Kier alpha value is -1.94. The quantitative estimate of drug-likeness (QED) is 0.712. The molecule has 0 aromatic heterocycles. The summed E-state index contributed by atoms with van der Waals surface area (Å²) in [6.07, 6.45) is 5.29. The van der Waals surface area contributed by atoms with E-state index in [-0.39, 0.29) is 29.0 Å². The topological polar surface area (TPSA) is 46.5 Å². The first kappa shape index (κ1) is 20.8. The molecule has 2 aliphatic rings. The van der Waals surface area contributed by atoms with Crippen LogP contribution in [0.2, 0.25) is 0 Å². The number of benzene rings is 1. The van der Waals surface area contributed by atoms with Crippen molar-refractivity contribution in [3.8, 4) is 0 Å². The number of halogens is 1. The molecule has 1 aromatic carbocycles. The van der Waals surface area contributed by atoms with Crippen LogP contribution in [-0.2, 0) is 9.53 Å². The number of hydrogen-bond donors (Lipinski definition) is 1. The number of allylic oxidation sites excluding steroid dienone is 3. The second kappa shape index (κ2) is 7.47. The maximum atomic E-state index is 13.8. The molecule has 1 N–H and O–H groups in total. The molecule has 2 atom stereocenters. The van der Waals surface area contributed by atoms with Gasteiger partial charge in [0.05, 0.1) is 12.5 Å². The fourth-order valence-corrected chi connectivity index (χ4v) is 4.88. The SMILES string of the molecule is Cc1cc(C2=C(C=C[C@@H]3C[C@@H](O)CC(=O)O3)C(C)(C)CC(C)(C)C2)ccc1F. The number of carbonyl (C=O) groups is 1. The monoisotopic (exact) mass is 386 g/mol. The summed E-state index contributed by atoms with van der Waals surface area (Å²) < 4.78 is 19.2. The maximum Gasteiger partial charge on any atom is 0.309 e. The third-order valence-corrected chi connectivity index (χ3v) is 5.80. The van der Waals surface area contributed by atoms with Gasteiger partial charge in [0.1, 0.15) is 11.9 Å². The summed E-state index contributed by atoms with van der Waals surface area (Å²) in [6, 6.07) is 5.31. The number of aryl methyl sites for hydroxylation is 1. The first-order valence-electron chi connectivity index (χ1n) is 10.0. The molecular formula is C24H31FO3. The summed E-state index contributed by atoms with van der Waals surface area (Å²) in [6.45, 7) is 10.8. The minimum atomic E-state index is -0.651. The molecule has 0 saturated carbocycles. The van der Waals surface area contributed by atoms with E-state index in [1.54, 1.807) is 6.92 Å². The Bertz CT molecular complexity index is 832. The Morgan fingerprint density at radius 2 is 1.96 bits per heavy atom. The lowest BCUT2D eigenvalue weighted by Gasteiger charge is -2.43. The summed E-state index contributed by atoms with van der Waals surface area (Å²) in [5.74, 6) is -0.556. The van der Waals surface area contributed by atoms with Crippen LogP contribution < -0.4 is 0 Å². The summed E-state index contributed by atoms with van der Waals surface area (Å²) in [5, 5.41) is 9.86. The Balaban J connectivity index is 2.04. The minimum absolute atomic E-state index is 0.0623. The highest BCUT2D eigenvalue weighted by atomic mass is 19.1. The molecule has 3 nitrogen and oxygen atoms in total. The third-order valence-electron chi connectivity index (χ3n) is 5.80. The van der Waals surface area contributed by atoms with Gasteiger partial charge in [-0.15, -0.1) is 0 Å². The van der Waals surface area contributed by atoms with Crippen LogP contribution in [0.3, 0.4) is 0 Å². The molecule has 0 unspecified atom stereocenters. The number of aliphatic hydroxyl groups is 1. The van der Waals surface area contributed by atoms with Crippen LogP contribution in [0, 0.1) is 23.6 Å². The second-order valence-electron chi connectivity index (χ2n) is 9.74. The molecule has 28 heavy (non-hydrogen) atoms. The summed E-state index contributed by atoms with van der Waals surface area (Å²) >= 11 is 0. The van der Waals surface area contributed by atoms with Crippen molar-refractivity contribution in [2.75, 3.05) is 0 Å². The van der Waals surface area contributed by atoms with Gasteiger partial charge in [0.15, 0.2) is 0 Å². The van der Waals surface area contributed by atoms with Gasteiger partial charge < -0.3 is 9.84 Å². The molecule has 4 heteroatoms. The van der Waals surface area contributed by atoms with E-state index in [1.165, 1.54) is 17.2 Å². The average Bonchev–Trinajstić information content (AvgIpc) is 2.53. The van der Waals surface area contributed by atoms with Gasteiger partial charge in [-0.3, -0.25) is 4.79 Å². The van der Waals surface area contributed by atoms with Crippen LogP contribution in [0.15, 0.2) is 35.9 Å².